The van der Waals surface area contributed by atoms with Crippen molar-refractivity contribution in [3.63, 3.8) is 0 Å². The second kappa shape index (κ2) is 34.0. The van der Waals surface area contributed by atoms with Gasteiger partial charge in [0.25, 0.3) is 0 Å². The quantitative estimate of drug-likeness (QED) is 0.0503. The van der Waals surface area contributed by atoms with Gasteiger partial charge in [0.15, 0.2) is 0 Å². The van der Waals surface area contributed by atoms with Crippen molar-refractivity contribution in [1.82, 2.24) is 5.32 Å². The first-order valence-corrected chi connectivity index (χ1v) is 19.3. The Hall–Kier alpha value is -0.870. The van der Waals surface area contributed by atoms with E-state index in [1.807, 2.05) is 6.08 Å². The van der Waals surface area contributed by atoms with Gasteiger partial charge in [0.2, 0.25) is 5.91 Å². The molecule has 1 amide bonds. The van der Waals surface area contributed by atoms with Crippen LogP contribution in [0.3, 0.4) is 0 Å². The minimum atomic E-state index is -0.832. The van der Waals surface area contributed by atoms with E-state index in [1.54, 1.807) is 6.08 Å². The number of hydrogen-bond acceptors (Lipinski definition) is 3. The van der Waals surface area contributed by atoms with Crippen molar-refractivity contribution in [3.05, 3.63) is 12.2 Å². The van der Waals surface area contributed by atoms with Gasteiger partial charge in [0, 0.05) is 6.42 Å². The van der Waals surface area contributed by atoms with Crippen molar-refractivity contribution < 1.29 is 15.0 Å². The molecule has 0 aliphatic rings. The predicted octanol–water partition coefficient (Wildman–Crippen LogP) is 11.4. The summed E-state index contributed by atoms with van der Waals surface area (Å²) in [6.45, 7) is 6.67. The van der Waals surface area contributed by atoms with Crippen LogP contribution >= 0.6 is 0 Å². The molecular weight excluding hydrogens is 530 g/mol. The van der Waals surface area contributed by atoms with Crippen molar-refractivity contribution >= 4 is 5.91 Å². The van der Waals surface area contributed by atoms with Gasteiger partial charge in [-0.05, 0) is 25.2 Å². The molecule has 43 heavy (non-hydrogen) atoms. The van der Waals surface area contributed by atoms with Gasteiger partial charge >= 0.3 is 0 Å². The van der Waals surface area contributed by atoms with Gasteiger partial charge in [-0.2, -0.15) is 0 Å². The Balaban J connectivity index is 3.53. The van der Waals surface area contributed by atoms with Gasteiger partial charge in [-0.15, -0.1) is 0 Å². The maximum Gasteiger partial charge on any atom is 0.220 e. The predicted molar refractivity (Wildman–Crippen MR) is 189 cm³/mol. The van der Waals surface area contributed by atoms with Crippen LogP contribution in [0.2, 0.25) is 0 Å². The van der Waals surface area contributed by atoms with E-state index in [2.05, 4.69) is 26.1 Å². The molecule has 0 aromatic heterocycles. The Bertz CT molecular complexity index is 591. The summed E-state index contributed by atoms with van der Waals surface area (Å²) >= 11 is 0. The number of allylic oxidation sites excluding steroid dienone is 1. The molecule has 0 bridgehead atoms. The van der Waals surface area contributed by atoms with E-state index in [9.17, 15) is 15.0 Å². The molecule has 0 aromatic carbocycles. The topological polar surface area (TPSA) is 69.6 Å². The first-order valence-electron chi connectivity index (χ1n) is 19.3. The number of carbonyl (C=O) groups is 1. The molecule has 0 saturated heterocycles. The molecule has 0 aliphatic heterocycles. The molecule has 0 aromatic rings. The first-order chi connectivity index (χ1) is 21.0. The van der Waals surface area contributed by atoms with Crippen LogP contribution in [0.15, 0.2) is 12.2 Å². The number of unbranched alkanes of at least 4 members (excludes halogenated alkanes) is 25. The molecule has 0 rings (SSSR count). The molecule has 256 valence electrons. The van der Waals surface area contributed by atoms with Gasteiger partial charge in [-0.3, -0.25) is 4.79 Å². The lowest BCUT2D eigenvalue weighted by Gasteiger charge is -2.20. The van der Waals surface area contributed by atoms with Crippen molar-refractivity contribution in [2.45, 2.75) is 219 Å². The zero-order chi connectivity index (χ0) is 31.6. The van der Waals surface area contributed by atoms with E-state index in [0.717, 1.165) is 31.6 Å². The van der Waals surface area contributed by atoms with Gasteiger partial charge < -0.3 is 15.5 Å². The number of rotatable bonds is 34. The average molecular weight is 608 g/mol. The maximum atomic E-state index is 12.3. The van der Waals surface area contributed by atoms with E-state index in [-0.39, 0.29) is 12.5 Å². The molecule has 2 atom stereocenters. The number of nitrogens with one attached hydrogen (secondary N) is 1. The number of hydrogen-bond donors (Lipinski definition) is 3. The van der Waals surface area contributed by atoms with Crippen LogP contribution in [-0.2, 0) is 4.79 Å². The summed E-state index contributed by atoms with van der Waals surface area (Å²) in [4.78, 5) is 12.3. The summed E-state index contributed by atoms with van der Waals surface area (Å²) in [5, 5.41) is 22.9. The molecule has 0 aliphatic carbocycles. The van der Waals surface area contributed by atoms with E-state index in [4.69, 9.17) is 0 Å². The third-order valence-electron chi connectivity index (χ3n) is 8.95. The number of aliphatic hydroxyl groups excluding tert-OH is 2. The largest absolute Gasteiger partial charge is 0.394 e. The maximum absolute atomic E-state index is 12.3. The monoisotopic (exact) mass is 608 g/mol. The molecule has 0 saturated carbocycles. The Labute approximate surface area is 269 Å². The summed E-state index contributed by atoms with van der Waals surface area (Å²) in [7, 11) is 0. The second-order valence-electron chi connectivity index (χ2n) is 13.8. The van der Waals surface area contributed by atoms with E-state index in [0.29, 0.717) is 6.42 Å². The van der Waals surface area contributed by atoms with Crippen LogP contribution in [0.1, 0.15) is 207 Å². The molecular formula is C39H77NO3. The third-order valence-corrected chi connectivity index (χ3v) is 8.95. The van der Waals surface area contributed by atoms with Gasteiger partial charge in [-0.25, -0.2) is 0 Å². The minimum Gasteiger partial charge on any atom is -0.394 e. The summed E-state index contributed by atoms with van der Waals surface area (Å²) < 4.78 is 0. The van der Waals surface area contributed by atoms with Crippen LogP contribution in [0, 0.1) is 5.92 Å². The van der Waals surface area contributed by atoms with Crippen LogP contribution in [-0.4, -0.2) is 34.9 Å². The number of amides is 1. The lowest BCUT2D eigenvalue weighted by Crippen LogP contribution is -2.45. The number of aliphatic hydroxyl groups is 2. The van der Waals surface area contributed by atoms with Crippen molar-refractivity contribution in [2.24, 2.45) is 5.92 Å². The lowest BCUT2D eigenvalue weighted by atomic mass is 10.0. The molecule has 3 N–H and O–H groups in total. The molecule has 4 heteroatoms. The fourth-order valence-corrected chi connectivity index (χ4v) is 5.95. The Morgan fingerprint density at radius 1 is 0.605 bits per heavy atom. The van der Waals surface area contributed by atoms with Gasteiger partial charge in [-0.1, -0.05) is 193 Å². The fraction of sp³-hybridized carbons (Fsp3) is 0.923. The SMILES string of the molecule is CCCCCCCCCCC/C=C/[C@@H](O)[C@H](CO)NC(=O)CCCCCCCCCCCCCCCCCCCC(C)C. The van der Waals surface area contributed by atoms with Crippen molar-refractivity contribution in [3.8, 4) is 0 Å². The second-order valence-corrected chi connectivity index (χ2v) is 13.8. The first kappa shape index (κ1) is 42.1. The van der Waals surface area contributed by atoms with E-state index < -0.39 is 12.1 Å². The van der Waals surface area contributed by atoms with Gasteiger partial charge in [0.05, 0.1) is 18.8 Å². The van der Waals surface area contributed by atoms with Crippen LogP contribution < -0.4 is 5.32 Å². The molecule has 0 spiro atoms. The normalized spacial score (nSPS) is 13.3. The highest BCUT2D eigenvalue weighted by Gasteiger charge is 2.17. The molecule has 0 fully saturated rings. The van der Waals surface area contributed by atoms with Crippen LogP contribution in [0.5, 0.6) is 0 Å². The fourth-order valence-electron chi connectivity index (χ4n) is 5.95. The Morgan fingerprint density at radius 3 is 1.42 bits per heavy atom. The molecule has 0 radical (unpaired) electrons. The van der Waals surface area contributed by atoms with Gasteiger partial charge in [0.1, 0.15) is 0 Å². The van der Waals surface area contributed by atoms with Crippen molar-refractivity contribution in [2.75, 3.05) is 6.61 Å². The highest BCUT2D eigenvalue weighted by Crippen LogP contribution is 2.16. The molecule has 0 unspecified atom stereocenters. The number of carbonyl (C=O) groups excluding carboxylic acids is 1. The Kier molecular flexibility index (Phi) is 33.3. The third kappa shape index (κ3) is 32.3. The summed E-state index contributed by atoms with van der Waals surface area (Å²) in [6.07, 6.45) is 40.1. The summed E-state index contributed by atoms with van der Waals surface area (Å²) in [5.74, 6) is 0.803. The highest BCUT2D eigenvalue weighted by atomic mass is 16.3. The summed E-state index contributed by atoms with van der Waals surface area (Å²) in [5.41, 5.74) is 0. The highest BCUT2D eigenvalue weighted by molar-refractivity contribution is 5.76. The van der Waals surface area contributed by atoms with Crippen LogP contribution in [0.25, 0.3) is 0 Å². The zero-order valence-electron chi connectivity index (χ0n) is 29.4. The van der Waals surface area contributed by atoms with Crippen LogP contribution in [0.4, 0.5) is 0 Å². The summed E-state index contributed by atoms with van der Waals surface area (Å²) in [6, 6.07) is -0.615. The Morgan fingerprint density at radius 2 is 1.00 bits per heavy atom. The minimum absolute atomic E-state index is 0.0629. The average Bonchev–Trinajstić information content (AvgIpc) is 2.99. The smallest absolute Gasteiger partial charge is 0.220 e. The zero-order valence-corrected chi connectivity index (χ0v) is 29.4. The van der Waals surface area contributed by atoms with E-state index in [1.165, 1.54) is 154 Å². The van der Waals surface area contributed by atoms with E-state index >= 15 is 0 Å². The lowest BCUT2D eigenvalue weighted by molar-refractivity contribution is -0.123. The molecule has 4 nitrogen and oxygen atoms in total. The molecule has 0 heterocycles. The standard InChI is InChI=1S/C39H77NO3/c1-4-5-6-7-8-9-17-21-24-27-30-33-38(42)37(35-41)40-39(43)34-31-28-25-22-19-16-14-12-10-11-13-15-18-20-23-26-29-32-36(2)3/h30,33,36-38,41-42H,4-29,31-32,34-35H2,1-3H3,(H,40,43)/b33-30+/t37-,38+/m0/s1. The van der Waals surface area contributed by atoms with Crippen molar-refractivity contribution in [1.29, 1.82) is 0 Å².